The molecule has 0 aliphatic heterocycles. The van der Waals surface area contributed by atoms with Crippen molar-refractivity contribution in [3.63, 3.8) is 0 Å². The normalized spacial score (nSPS) is 13.6. The first kappa shape index (κ1) is 31.6. The van der Waals surface area contributed by atoms with Gasteiger partial charge in [-0.25, -0.2) is 0 Å². The number of carbonyl (C=O) groups excluding carboxylic acids is 2. The molecule has 0 aromatic rings. The van der Waals surface area contributed by atoms with Crippen LogP contribution in [-0.2, 0) is 33.3 Å². The van der Waals surface area contributed by atoms with Crippen molar-refractivity contribution in [3.8, 4) is 0 Å². The molecule has 0 aromatic carbocycles. The summed E-state index contributed by atoms with van der Waals surface area (Å²) in [6, 6.07) is 0. The van der Waals surface area contributed by atoms with E-state index in [1.54, 1.807) is 0 Å². The second-order valence-electron chi connectivity index (χ2n) is 10.7. The summed E-state index contributed by atoms with van der Waals surface area (Å²) < 4.78 is 8.25. The molecule has 160 valence electrons. The topological polar surface area (TPSA) is 97.3 Å². The van der Waals surface area contributed by atoms with Crippen molar-refractivity contribution < 1.29 is 43.5 Å². The fourth-order valence-corrected chi connectivity index (χ4v) is 1.10. The molecule has 0 aliphatic carbocycles. The molecular weight excluding hydrogens is 392 g/mol. The van der Waals surface area contributed by atoms with Crippen LogP contribution in [0.1, 0.15) is 83.1 Å². The maximum absolute atomic E-state index is 11.4. The van der Waals surface area contributed by atoms with Gasteiger partial charge in [0.25, 0.3) is 0 Å². The average Bonchev–Trinajstić information content (AvgIpc) is 2.45. The van der Waals surface area contributed by atoms with Gasteiger partial charge in [-0.15, -0.1) is 11.5 Å². The molecule has 0 N–H and O–H groups in total. The van der Waals surface area contributed by atoms with Gasteiger partial charge in [0.05, 0.1) is 0 Å². The summed E-state index contributed by atoms with van der Waals surface area (Å²) in [5.74, 6) is -0.417. The third-order valence-electron chi connectivity index (χ3n) is 3.48. The van der Waals surface area contributed by atoms with Gasteiger partial charge in [0.1, 0.15) is 0 Å². The van der Waals surface area contributed by atoms with Crippen LogP contribution in [0.2, 0.25) is 0 Å². The first-order valence-electron chi connectivity index (χ1n) is 9.18. The van der Waals surface area contributed by atoms with Crippen molar-refractivity contribution in [2.24, 2.45) is 21.7 Å². The quantitative estimate of drug-likeness (QED) is 0.378. The molecule has 6 heteroatoms. The number of carbonyl (C=O) groups is 2. The van der Waals surface area contributed by atoms with Crippen molar-refractivity contribution >= 4 is 11.6 Å². The predicted octanol–water partition coefficient (Wildman–Crippen LogP) is 3.66. The molecule has 5 nitrogen and oxygen atoms in total. The Labute approximate surface area is 183 Å². The number of hydrogen-bond donors (Lipinski definition) is 0. The molecular formula is C22H38O5Ti. The molecule has 0 atom stereocenters. The molecule has 0 bridgehead atoms. The van der Waals surface area contributed by atoms with E-state index in [-0.39, 0.29) is 23.1 Å². The summed E-state index contributed by atoms with van der Waals surface area (Å²) in [4.78, 5) is 22.9. The molecule has 28 heavy (non-hydrogen) atoms. The zero-order chi connectivity index (χ0) is 23.7. The Morgan fingerprint density at radius 1 is 0.536 bits per heavy atom. The second kappa shape index (κ2) is 11.8. The Bertz CT molecular complexity index is 522. The van der Waals surface area contributed by atoms with Gasteiger partial charge in [-0.1, -0.05) is 83.1 Å². The van der Waals surface area contributed by atoms with Gasteiger partial charge >= 0.3 is 23.7 Å². The van der Waals surface area contributed by atoms with Gasteiger partial charge in [0.15, 0.2) is 11.6 Å². The zero-order valence-electron chi connectivity index (χ0n) is 19.7. The van der Waals surface area contributed by atoms with E-state index in [1.807, 2.05) is 83.1 Å². The minimum atomic E-state index is -0.457. The fourth-order valence-electron chi connectivity index (χ4n) is 1.10. The number of allylic oxidation sites excluding steroid dienone is 4. The maximum atomic E-state index is 11.4. The van der Waals surface area contributed by atoms with E-state index >= 15 is 0 Å². The van der Waals surface area contributed by atoms with Crippen LogP contribution in [0.3, 0.4) is 0 Å². The van der Waals surface area contributed by atoms with Gasteiger partial charge < -0.3 is 10.2 Å². The van der Waals surface area contributed by atoms with Gasteiger partial charge in [0.2, 0.25) is 0 Å². The molecule has 0 unspecified atom stereocenters. The zero-order valence-corrected chi connectivity index (χ0v) is 21.3. The van der Waals surface area contributed by atoms with E-state index in [0.717, 1.165) is 20.4 Å². The molecule has 0 aromatic heterocycles. The van der Waals surface area contributed by atoms with Gasteiger partial charge in [-0.3, -0.25) is 9.59 Å². The van der Waals surface area contributed by atoms with Crippen LogP contribution in [0.25, 0.3) is 0 Å². The van der Waals surface area contributed by atoms with E-state index in [9.17, 15) is 19.8 Å². The van der Waals surface area contributed by atoms with Gasteiger partial charge in [0, 0.05) is 10.8 Å². The van der Waals surface area contributed by atoms with Crippen molar-refractivity contribution in [2.75, 3.05) is 0 Å². The molecule has 0 radical (unpaired) electrons. The van der Waals surface area contributed by atoms with Gasteiger partial charge in [-0.05, 0) is 23.0 Å². The predicted molar refractivity (Wildman–Crippen MR) is 105 cm³/mol. The van der Waals surface area contributed by atoms with Crippen LogP contribution >= 0.6 is 0 Å². The minimum absolute atomic E-state index is 0.104. The Kier molecular flexibility index (Phi) is 13.3. The average molecular weight is 430 g/mol. The van der Waals surface area contributed by atoms with Crippen molar-refractivity contribution in [1.82, 2.24) is 0 Å². The summed E-state index contributed by atoms with van der Waals surface area (Å²) in [6.07, 6.45) is 2.44. The molecule has 0 saturated heterocycles. The molecule has 0 aliphatic rings. The Morgan fingerprint density at radius 3 is 0.821 bits per heavy atom. The molecule has 0 rings (SSSR count). The fraction of sp³-hybridized carbons (Fsp3) is 0.727. The molecule has 0 saturated carbocycles. The van der Waals surface area contributed by atoms with Crippen LogP contribution in [0, 0.1) is 21.7 Å². The van der Waals surface area contributed by atoms with Crippen molar-refractivity contribution in [1.29, 1.82) is 0 Å². The molecule has 0 amide bonds. The first-order chi connectivity index (χ1) is 12.1. The molecule has 0 heterocycles. The number of rotatable bonds is 2. The van der Waals surface area contributed by atoms with Crippen LogP contribution in [-0.4, -0.2) is 11.6 Å². The van der Waals surface area contributed by atoms with E-state index in [2.05, 4.69) is 0 Å². The van der Waals surface area contributed by atoms with Crippen LogP contribution in [0.15, 0.2) is 23.7 Å². The summed E-state index contributed by atoms with van der Waals surface area (Å²) in [5, 5.41) is 22.9. The Hall–Kier alpha value is -1.07. The standard InChI is InChI=1S/2C11H20O2.O.Ti/c2*1-10(2,3)8(12)7-9(13)11(4,5)6;;/h2*7,12H,1-6H3;;/q;;;+2/p-2/b2*8-7-;;. The summed E-state index contributed by atoms with van der Waals surface area (Å²) in [6.45, 7) is 21.7. The van der Waals surface area contributed by atoms with Crippen LogP contribution in [0.5, 0.6) is 0 Å². The Morgan fingerprint density at radius 2 is 0.714 bits per heavy atom. The third kappa shape index (κ3) is 14.9. The molecule has 0 spiro atoms. The molecule has 0 fully saturated rings. The van der Waals surface area contributed by atoms with Crippen molar-refractivity contribution in [3.05, 3.63) is 23.7 Å². The van der Waals surface area contributed by atoms with E-state index in [4.69, 9.17) is 3.32 Å². The first-order valence-corrected chi connectivity index (χ1v) is 9.81. The van der Waals surface area contributed by atoms with Crippen LogP contribution in [0.4, 0.5) is 0 Å². The van der Waals surface area contributed by atoms with Gasteiger partial charge in [-0.2, -0.15) is 0 Å². The van der Waals surface area contributed by atoms with Crippen molar-refractivity contribution in [2.45, 2.75) is 83.1 Å². The Balaban J connectivity index is -0.000000410. The van der Waals surface area contributed by atoms with Crippen LogP contribution < -0.4 is 10.2 Å². The summed E-state index contributed by atoms with van der Waals surface area (Å²) >= 11 is 0.750. The number of hydrogen-bond acceptors (Lipinski definition) is 5. The summed E-state index contributed by atoms with van der Waals surface area (Å²) in [5.41, 5.74) is -1.83. The van der Waals surface area contributed by atoms with E-state index in [1.165, 1.54) is 12.2 Å². The van der Waals surface area contributed by atoms with E-state index in [0.29, 0.717) is 0 Å². The SMILES string of the molecule is CC(C)(C)C(=O)/C=C(\[O-])C(C)(C)C.CC(C)(C)C(=O)/C=C(\[O-])C(C)(C)C.[O]=[Ti+2]. The van der Waals surface area contributed by atoms with E-state index < -0.39 is 21.7 Å². The third-order valence-corrected chi connectivity index (χ3v) is 3.48. The summed E-state index contributed by atoms with van der Waals surface area (Å²) in [7, 11) is 0. The number of ketones is 2. The second-order valence-corrected chi connectivity index (χ2v) is 10.7. The monoisotopic (exact) mass is 430 g/mol.